The lowest BCUT2D eigenvalue weighted by molar-refractivity contribution is 0.487. The number of nitrogens with two attached hydrogens (primary N) is 1. The molecule has 0 radical (unpaired) electrons. The summed E-state index contributed by atoms with van der Waals surface area (Å²) in [6, 6.07) is 6.53. The van der Waals surface area contributed by atoms with Crippen LogP contribution in [0.2, 0.25) is 10.0 Å². The van der Waals surface area contributed by atoms with Crippen molar-refractivity contribution in [3.63, 3.8) is 0 Å². The van der Waals surface area contributed by atoms with Gasteiger partial charge in [0.05, 0.1) is 16.8 Å². The van der Waals surface area contributed by atoms with Crippen molar-refractivity contribution in [2.24, 2.45) is 5.73 Å². The van der Waals surface area contributed by atoms with Crippen LogP contribution in [0.15, 0.2) is 39.4 Å². The Morgan fingerprint density at radius 2 is 2.00 bits per heavy atom. The third-order valence-electron chi connectivity index (χ3n) is 2.22. The highest BCUT2D eigenvalue weighted by atomic mass is 79.9. The molecule has 2 N–H and O–H groups in total. The molecule has 5 heteroatoms. The van der Waals surface area contributed by atoms with Crippen LogP contribution in [0.5, 0.6) is 0 Å². The minimum Gasteiger partial charge on any atom is -0.466 e. The molecule has 1 atom stereocenters. The summed E-state index contributed by atoms with van der Waals surface area (Å²) in [6.45, 7) is 0. The van der Waals surface area contributed by atoms with E-state index in [-0.39, 0.29) is 0 Å². The van der Waals surface area contributed by atoms with E-state index in [4.69, 9.17) is 33.4 Å². The Bertz CT molecular complexity index is 512. The molecule has 1 heterocycles. The zero-order valence-electron chi connectivity index (χ0n) is 8.08. The van der Waals surface area contributed by atoms with E-state index < -0.39 is 6.04 Å². The number of halogens is 3. The maximum absolute atomic E-state index is 6.06. The maximum atomic E-state index is 6.06. The summed E-state index contributed by atoms with van der Waals surface area (Å²) in [5, 5.41) is 1.16. The fourth-order valence-electron chi connectivity index (χ4n) is 1.42. The van der Waals surface area contributed by atoms with Crippen LogP contribution in [0.3, 0.4) is 0 Å². The second-order valence-electron chi connectivity index (χ2n) is 3.28. The predicted octanol–water partition coefficient (Wildman–Crippen LogP) is 4.40. The van der Waals surface area contributed by atoms with Crippen LogP contribution in [0.4, 0.5) is 0 Å². The first-order valence-electron chi connectivity index (χ1n) is 4.53. The standard InChI is InChI=1S/C11H8BrCl2NO/c12-8-3-4-16-11(8)10(15)7-5-6(13)1-2-9(7)14/h1-5,10H,15H2. The Labute approximate surface area is 111 Å². The van der Waals surface area contributed by atoms with Crippen molar-refractivity contribution in [1.82, 2.24) is 0 Å². The van der Waals surface area contributed by atoms with Gasteiger partial charge in [-0.3, -0.25) is 0 Å². The molecule has 0 saturated carbocycles. The van der Waals surface area contributed by atoms with Crippen LogP contribution in [0.25, 0.3) is 0 Å². The lowest BCUT2D eigenvalue weighted by Crippen LogP contribution is -2.12. The van der Waals surface area contributed by atoms with Crippen LogP contribution in [0.1, 0.15) is 17.4 Å². The van der Waals surface area contributed by atoms with Gasteiger partial charge in [0.15, 0.2) is 0 Å². The number of furan rings is 1. The topological polar surface area (TPSA) is 39.2 Å². The third kappa shape index (κ3) is 2.28. The normalized spacial score (nSPS) is 12.8. The Balaban J connectivity index is 2.45. The van der Waals surface area contributed by atoms with Gasteiger partial charge < -0.3 is 10.2 Å². The lowest BCUT2D eigenvalue weighted by Gasteiger charge is -2.12. The summed E-state index contributed by atoms with van der Waals surface area (Å²) in [6.07, 6.45) is 1.57. The largest absolute Gasteiger partial charge is 0.466 e. The fourth-order valence-corrected chi connectivity index (χ4v) is 2.29. The highest BCUT2D eigenvalue weighted by Gasteiger charge is 2.18. The number of hydrogen-bond donors (Lipinski definition) is 1. The summed E-state index contributed by atoms with van der Waals surface area (Å²) in [5.74, 6) is 0.629. The molecule has 0 saturated heterocycles. The Kier molecular flexibility index (Phi) is 3.60. The van der Waals surface area contributed by atoms with E-state index in [0.717, 1.165) is 10.0 Å². The second kappa shape index (κ2) is 4.80. The van der Waals surface area contributed by atoms with Crippen molar-refractivity contribution < 1.29 is 4.42 Å². The predicted molar refractivity (Wildman–Crippen MR) is 68.9 cm³/mol. The quantitative estimate of drug-likeness (QED) is 0.891. The monoisotopic (exact) mass is 319 g/mol. The summed E-state index contributed by atoms with van der Waals surface area (Å²) in [5.41, 5.74) is 6.81. The highest BCUT2D eigenvalue weighted by molar-refractivity contribution is 9.10. The molecule has 0 bridgehead atoms. The summed E-state index contributed by atoms with van der Waals surface area (Å²) < 4.78 is 6.12. The highest BCUT2D eigenvalue weighted by Crippen LogP contribution is 2.32. The van der Waals surface area contributed by atoms with E-state index in [1.165, 1.54) is 0 Å². The van der Waals surface area contributed by atoms with Crippen LogP contribution < -0.4 is 5.73 Å². The molecule has 0 aliphatic carbocycles. The van der Waals surface area contributed by atoms with Gasteiger partial charge in [0, 0.05) is 10.0 Å². The molecular formula is C11H8BrCl2NO. The molecule has 0 fully saturated rings. The van der Waals surface area contributed by atoms with Gasteiger partial charge in [-0.2, -0.15) is 0 Å². The zero-order valence-corrected chi connectivity index (χ0v) is 11.2. The summed E-state index contributed by atoms with van der Waals surface area (Å²) in [4.78, 5) is 0. The number of hydrogen-bond acceptors (Lipinski definition) is 2. The van der Waals surface area contributed by atoms with Gasteiger partial charge in [-0.25, -0.2) is 0 Å². The van der Waals surface area contributed by atoms with Gasteiger partial charge in [0.25, 0.3) is 0 Å². The summed E-state index contributed by atoms with van der Waals surface area (Å²) in [7, 11) is 0. The van der Waals surface area contributed by atoms with E-state index in [2.05, 4.69) is 15.9 Å². The zero-order chi connectivity index (χ0) is 11.7. The van der Waals surface area contributed by atoms with Crippen LogP contribution in [-0.2, 0) is 0 Å². The first-order valence-corrected chi connectivity index (χ1v) is 6.08. The molecule has 1 aromatic carbocycles. The molecule has 0 amide bonds. The first kappa shape index (κ1) is 12.0. The molecule has 1 unspecified atom stereocenters. The maximum Gasteiger partial charge on any atom is 0.139 e. The molecule has 84 valence electrons. The van der Waals surface area contributed by atoms with Gasteiger partial charge in [-0.1, -0.05) is 23.2 Å². The van der Waals surface area contributed by atoms with Gasteiger partial charge in [-0.05, 0) is 45.8 Å². The number of rotatable bonds is 2. The third-order valence-corrected chi connectivity index (χ3v) is 3.45. The molecule has 16 heavy (non-hydrogen) atoms. The lowest BCUT2D eigenvalue weighted by atomic mass is 10.1. The Morgan fingerprint density at radius 3 is 2.62 bits per heavy atom. The first-order chi connectivity index (χ1) is 7.59. The molecule has 2 rings (SSSR count). The van der Waals surface area contributed by atoms with Gasteiger partial charge >= 0.3 is 0 Å². The van der Waals surface area contributed by atoms with Crippen molar-refractivity contribution in [1.29, 1.82) is 0 Å². The minimum absolute atomic E-state index is 0.435. The smallest absolute Gasteiger partial charge is 0.139 e. The van der Waals surface area contributed by atoms with Crippen LogP contribution >= 0.6 is 39.1 Å². The van der Waals surface area contributed by atoms with Crippen molar-refractivity contribution >= 4 is 39.1 Å². The second-order valence-corrected chi connectivity index (χ2v) is 4.97. The molecule has 0 spiro atoms. The van der Waals surface area contributed by atoms with E-state index >= 15 is 0 Å². The average Bonchev–Trinajstić information content (AvgIpc) is 2.67. The molecule has 0 aliphatic rings. The van der Waals surface area contributed by atoms with Gasteiger partial charge in [0.2, 0.25) is 0 Å². The minimum atomic E-state index is -0.435. The Hall–Kier alpha value is -0.480. The van der Waals surface area contributed by atoms with Crippen molar-refractivity contribution in [3.05, 3.63) is 56.4 Å². The van der Waals surface area contributed by atoms with Gasteiger partial charge in [0.1, 0.15) is 5.76 Å². The van der Waals surface area contributed by atoms with Crippen molar-refractivity contribution in [2.45, 2.75) is 6.04 Å². The molecule has 1 aromatic heterocycles. The summed E-state index contributed by atoms with van der Waals surface area (Å²) >= 11 is 15.3. The average molecular weight is 321 g/mol. The van der Waals surface area contributed by atoms with Crippen LogP contribution in [-0.4, -0.2) is 0 Å². The van der Waals surface area contributed by atoms with E-state index in [1.54, 1.807) is 30.5 Å². The van der Waals surface area contributed by atoms with Crippen LogP contribution in [0, 0.1) is 0 Å². The van der Waals surface area contributed by atoms with Gasteiger partial charge in [-0.15, -0.1) is 0 Å². The van der Waals surface area contributed by atoms with E-state index in [0.29, 0.717) is 15.8 Å². The SMILES string of the molecule is NC(c1cc(Cl)ccc1Cl)c1occc1Br. The molecule has 2 aromatic rings. The van der Waals surface area contributed by atoms with Crippen molar-refractivity contribution in [2.75, 3.05) is 0 Å². The number of benzene rings is 1. The molecule has 2 nitrogen and oxygen atoms in total. The Morgan fingerprint density at radius 1 is 1.25 bits per heavy atom. The fraction of sp³-hybridized carbons (Fsp3) is 0.0909. The molecular weight excluding hydrogens is 313 g/mol. The van der Waals surface area contributed by atoms with E-state index in [1.807, 2.05) is 0 Å². The van der Waals surface area contributed by atoms with E-state index in [9.17, 15) is 0 Å². The molecule has 0 aliphatic heterocycles. The van der Waals surface area contributed by atoms with Crippen molar-refractivity contribution in [3.8, 4) is 0 Å².